The predicted molar refractivity (Wildman–Crippen MR) is 54.5 cm³/mol. The van der Waals surface area contributed by atoms with E-state index in [0.29, 0.717) is 6.42 Å². The lowest BCUT2D eigenvalue weighted by Gasteiger charge is -2.21. The summed E-state index contributed by atoms with van der Waals surface area (Å²) in [5, 5.41) is 9.75. The number of nitrogens with two attached hydrogens (primary N) is 1. The molecule has 0 aromatic heterocycles. The highest BCUT2D eigenvalue weighted by atomic mass is 19.1. The molecule has 1 rings (SSSR count). The second kappa shape index (κ2) is 4.07. The van der Waals surface area contributed by atoms with Crippen LogP contribution in [-0.4, -0.2) is 17.3 Å². The van der Waals surface area contributed by atoms with Gasteiger partial charge in [0, 0.05) is 13.0 Å². The van der Waals surface area contributed by atoms with Gasteiger partial charge in [0.15, 0.2) is 0 Å². The zero-order valence-corrected chi connectivity index (χ0v) is 8.55. The van der Waals surface area contributed by atoms with Crippen LogP contribution in [0.5, 0.6) is 0 Å². The molecule has 0 saturated carbocycles. The van der Waals surface area contributed by atoms with Crippen LogP contribution in [0.2, 0.25) is 0 Å². The summed E-state index contributed by atoms with van der Waals surface area (Å²) in [5.74, 6) is -0.251. The Morgan fingerprint density at radius 2 is 2.14 bits per heavy atom. The lowest BCUT2D eigenvalue weighted by atomic mass is 9.94. The Morgan fingerprint density at radius 3 is 2.64 bits per heavy atom. The minimum Gasteiger partial charge on any atom is -0.389 e. The number of benzene rings is 1. The van der Waals surface area contributed by atoms with Crippen LogP contribution in [0.25, 0.3) is 0 Å². The van der Waals surface area contributed by atoms with Crippen molar-refractivity contribution in [1.29, 1.82) is 0 Å². The second-order valence-electron chi connectivity index (χ2n) is 3.95. The molecule has 2 nitrogen and oxygen atoms in total. The number of aryl methyl sites for hydroxylation is 1. The van der Waals surface area contributed by atoms with Gasteiger partial charge in [0.25, 0.3) is 0 Å². The van der Waals surface area contributed by atoms with Crippen molar-refractivity contribution in [2.24, 2.45) is 5.73 Å². The third-order valence-corrected chi connectivity index (χ3v) is 2.32. The van der Waals surface area contributed by atoms with Gasteiger partial charge in [0.2, 0.25) is 0 Å². The van der Waals surface area contributed by atoms with Gasteiger partial charge in [-0.2, -0.15) is 0 Å². The Morgan fingerprint density at radius 1 is 1.50 bits per heavy atom. The van der Waals surface area contributed by atoms with Crippen molar-refractivity contribution in [2.45, 2.75) is 25.9 Å². The normalized spacial score (nSPS) is 15.2. The summed E-state index contributed by atoms with van der Waals surface area (Å²) >= 11 is 0. The van der Waals surface area contributed by atoms with Crippen LogP contribution in [0.4, 0.5) is 4.39 Å². The molecule has 3 heteroatoms. The van der Waals surface area contributed by atoms with Gasteiger partial charge in [-0.25, -0.2) is 4.39 Å². The van der Waals surface area contributed by atoms with Crippen LogP contribution in [-0.2, 0) is 6.42 Å². The largest absolute Gasteiger partial charge is 0.389 e. The van der Waals surface area contributed by atoms with Gasteiger partial charge < -0.3 is 10.8 Å². The highest BCUT2D eigenvalue weighted by Gasteiger charge is 2.19. The summed E-state index contributed by atoms with van der Waals surface area (Å²) in [6.45, 7) is 3.70. The molecule has 0 bridgehead atoms. The van der Waals surface area contributed by atoms with Gasteiger partial charge in [-0.1, -0.05) is 6.07 Å². The Balaban J connectivity index is 2.87. The summed E-state index contributed by atoms with van der Waals surface area (Å²) in [5.41, 5.74) is 6.27. The van der Waals surface area contributed by atoms with Crippen molar-refractivity contribution in [3.8, 4) is 0 Å². The Labute approximate surface area is 83.6 Å². The van der Waals surface area contributed by atoms with Gasteiger partial charge >= 0.3 is 0 Å². The van der Waals surface area contributed by atoms with E-state index in [9.17, 15) is 9.50 Å². The molecular weight excluding hydrogens is 181 g/mol. The Hall–Kier alpha value is -0.930. The molecule has 3 N–H and O–H groups in total. The first-order chi connectivity index (χ1) is 6.44. The van der Waals surface area contributed by atoms with Crippen molar-refractivity contribution < 1.29 is 9.50 Å². The summed E-state index contributed by atoms with van der Waals surface area (Å²) in [6, 6.07) is 4.55. The maximum atomic E-state index is 12.8. The van der Waals surface area contributed by atoms with Crippen LogP contribution in [0, 0.1) is 12.7 Å². The number of aliphatic hydroxyl groups is 1. The first kappa shape index (κ1) is 11.1. The molecule has 1 atom stereocenters. The molecule has 0 aliphatic rings. The third-order valence-electron chi connectivity index (χ3n) is 2.32. The summed E-state index contributed by atoms with van der Waals surface area (Å²) < 4.78 is 12.8. The molecule has 0 spiro atoms. The van der Waals surface area contributed by atoms with E-state index in [2.05, 4.69) is 0 Å². The molecule has 1 unspecified atom stereocenters. The van der Waals surface area contributed by atoms with Crippen molar-refractivity contribution in [3.63, 3.8) is 0 Å². The highest BCUT2D eigenvalue weighted by molar-refractivity contribution is 5.27. The topological polar surface area (TPSA) is 46.2 Å². The fraction of sp³-hybridized carbons (Fsp3) is 0.455. The van der Waals surface area contributed by atoms with Crippen LogP contribution in [0.3, 0.4) is 0 Å². The van der Waals surface area contributed by atoms with Gasteiger partial charge in [0.1, 0.15) is 5.82 Å². The fourth-order valence-electron chi connectivity index (χ4n) is 1.34. The molecule has 0 aliphatic carbocycles. The molecular formula is C11H16FNO. The predicted octanol–water partition coefficient (Wildman–Crippen LogP) is 1.39. The molecule has 0 saturated heterocycles. The Bertz CT molecular complexity index is 323. The minimum absolute atomic E-state index is 0.198. The van der Waals surface area contributed by atoms with Crippen LogP contribution < -0.4 is 5.73 Å². The summed E-state index contributed by atoms with van der Waals surface area (Å²) in [4.78, 5) is 0. The van der Waals surface area contributed by atoms with Gasteiger partial charge in [0.05, 0.1) is 5.60 Å². The van der Waals surface area contributed by atoms with Crippen molar-refractivity contribution in [2.75, 3.05) is 6.54 Å². The maximum absolute atomic E-state index is 12.8. The molecule has 0 fully saturated rings. The van der Waals surface area contributed by atoms with E-state index in [1.165, 1.54) is 12.1 Å². The number of rotatable bonds is 3. The zero-order chi connectivity index (χ0) is 10.8. The highest BCUT2D eigenvalue weighted by Crippen LogP contribution is 2.16. The van der Waals surface area contributed by atoms with Crippen LogP contribution >= 0.6 is 0 Å². The first-order valence-corrected chi connectivity index (χ1v) is 4.62. The third kappa shape index (κ3) is 2.79. The van der Waals surface area contributed by atoms with E-state index in [1.807, 2.05) is 6.92 Å². The quantitative estimate of drug-likeness (QED) is 0.769. The standard InChI is InChI=1S/C11H16FNO/c1-8-5-10(12)4-3-9(8)6-11(2,14)7-13/h3-5,14H,6-7,13H2,1-2H3. The van der Waals surface area contributed by atoms with E-state index < -0.39 is 5.60 Å². The van der Waals surface area contributed by atoms with Gasteiger partial charge in [-0.15, -0.1) is 0 Å². The summed E-state index contributed by atoms with van der Waals surface area (Å²) in [6.07, 6.45) is 0.454. The average Bonchev–Trinajstić information content (AvgIpc) is 2.10. The first-order valence-electron chi connectivity index (χ1n) is 4.62. The maximum Gasteiger partial charge on any atom is 0.123 e. The molecule has 14 heavy (non-hydrogen) atoms. The smallest absolute Gasteiger partial charge is 0.123 e. The fourth-order valence-corrected chi connectivity index (χ4v) is 1.34. The van der Waals surface area contributed by atoms with Gasteiger partial charge in [-0.3, -0.25) is 0 Å². The SMILES string of the molecule is Cc1cc(F)ccc1CC(C)(O)CN. The van der Waals surface area contributed by atoms with Crippen molar-refractivity contribution >= 4 is 0 Å². The van der Waals surface area contributed by atoms with E-state index >= 15 is 0 Å². The number of halogens is 1. The lowest BCUT2D eigenvalue weighted by molar-refractivity contribution is 0.0695. The molecule has 0 amide bonds. The van der Waals surface area contributed by atoms with E-state index in [0.717, 1.165) is 11.1 Å². The number of hydrogen-bond acceptors (Lipinski definition) is 2. The molecule has 1 aromatic rings. The summed E-state index contributed by atoms with van der Waals surface area (Å²) in [7, 11) is 0. The molecule has 0 aliphatic heterocycles. The average molecular weight is 197 g/mol. The van der Waals surface area contributed by atoms with E-state index in [1.54, 1.807) is 13.0 Å². The monoisotopic (exact) mass is 197 g/mol. The molecule has 0 radical (unpaired) electrons. The lowest BCUT2D eigenvalue weighted by Crippen LogP contribution is -2.36. The number of hydrogen-bond donors (Lipinski definition) is 2. The van der Waals surface area contributed by atoms with Gasteiger partial charge in [-0.05, 0) is 37.1 Å². The molecule has 78 valence electrons. The van der Waals surface area contributed by atoms with E-state index in [4.69, 9.17) is 5.73 Å². The van der Waals surface area contributed by atoms with E-state index in [-0.39, 0.29) is 12.4 Å². The van der Waals surface area contributed by atoms with Crippen molar-refractivity contribution in [1.82, 2.24) is 0 Å². The minimum atomic E-state index is -0.914. The van der Waals surface area contributed by atoms with Crippen LogP contribution in [0.15, 0.2) is 18.2 Å². The van der Waals surface area contributed by atoms with Crippen LogP contribution in [0.1, 0.15) is 18.1 Å². The zero-order valence-electron chi connectivity index (χ0n) is 8.55. The second-order valence-corrected chi connectivity index (χ2v) is 3.95. The molecule has 0 heterocycles. The Kier molecular flexibility index (Phi) is 3.24. The molecule has 1 aromatic carbocycles. The van der Waals surface area contributed by atoms with Crippen molar-refractivity contribution in [3.05, 3.63) is 35.1 Å².